The molecule has 1 atom stereocenters. The van der Waals surface area contributed by atoms with Crippen LogP contribution in [0.1, 0.15) is 50.8 Å². The molecule has 1 N–H and O–H groups in total. The maximum absolute atomic E-state index is 10.1. The second-order valence-corrected chi connectivity index (χ2v) is 6.05. The van der Waals surface area contributed by atoms with Gasteiger partial charge in [-0.1, -0.05) is 44.5 Å². The Morgan fingerprint density at radius 1 is 1.31 bits per heavy atom. The average molecular weight is 241 g/mol. The zero-order valence-electron chi connectivity index (χ0n) is 10.5. The maximum Gasteiger partial charge on any atom is 0.0804 e. The second kappa shape index (κ2) is 5.20. The van der Waals surface area contributed by atoms with Crippen LogP contribution >= 0.6 is 11.6 Å². The van der Waals surface area contributed by atoms with Crippen molar-refractivity contribution in [3.05, 3.63) is 34.3 Å². The largest absolute Gasteiger partial charge is 0.388 e. The fraction of sp³-hybridized carbons (Fsp3) is 0.571. The highest BCUT2D eigenvalue weighted by atomic mass is 35.5. The van der Waals surface area contributed by atoms with Gasteiger partial charge in [-0.3, -0.25) is 0 Å². The molecule has 0 radical (unpaired) electrons. The van der Waals surface area contributed by atoms with Crippen LogP contribution in [0.2, 0.25) is 5.02 Å². The summed E-state index contributed by atoms with van der Waals surface area (Å²) in [5.74, 6) is 0. The monoisotopic (exact) mass is 240 g/mol. The van der Waals surface area contributed by atoms with E-state index in [9.17, 15) is 5.11 Å². The van der Waals surface area contributed by atoms with Crippen LogP contribution in [0, 0.1) is 12.3 Å². The van der Waals surface area contributed by atoms with E-state index in [2.05, 4.69) is 20.8 Å². The van der Waals surface area contributed by atoms with Crippen molar-refractivity contribution < 1.29 is 5.11 Å². The molecule has 1 unspecified atom stereocenters. The molecule has 0 heterocycles. The van der Waals surface area contributed by atoms with Gasteiger partial charge in [0.1, 0.15) is 0 Å². The van der Waals surface area contributed by atoms with E-state index in [1.165, 1.54) is 0 Å². The molecular formula is C14H21ClO. The van der Waals surface area contributed by atoms with Gasteiger partial charge in [0.05, 0.1) is 6.10 Å². The lowest BCUT2D eigenvalue weighted by Gasteiger charge is -2.21. The third-order valence-corrected chi connectivity index (χ3v) is 3.01. The van der Waals surface area contributed by atoms with Crippen LogP contribution in [0.3, 0.4) is 0 Å². The number of hydrogen-bond donors (Lipinski definition) is 1. The van der Waals surface area contributed by atoms with Gasteiger partial charge in [0.2, 0.25) is 0 Å². The van der Waals surface area contributed by atoms with Gasteiger partial charge in [0.15, 0.2) is 0 Å². The lowest BCUT2D eigenvalue weighted by atomic mass is 9.88. The summed E-state index contributed by atoms with van der Waals surface area (Å²) in [6.07, 6.45) is 1.29. The summed E-state index contributed by atoms with van der Waals surface area (Å²) in [5.41, 5.74) is 2.21. The van der Waals surface area contributed by atoms with E-state index in [1.54, 1.807) is 0 Å². The lowest BCUT2D eigenvalue weighted by Crippen LogP contribution is -2.08. The summed E-state index contributed by atoms with van der Waals surface area (Å²) in [6.45, 7) is 8.53. The van der Waals surface area contributed by atoms with Crippen molar-refractivity contribution in [2.45, 2.75) is 46.6 Å². The Morgan fingerprint density at radius 2 is 1.94 bits per heavy atom. The van der Waals surface area contributed by atoms with Gasteiger partial charge in [-0.25, -0.2) is 0 Å². The summed E-state index contributed by atoms with van der Waals surface area (Å²) < 4.78 is 0. The molecule has 16 heavy (non-hydrogen) atoms. The van der Waals surface area contributed by atoms with Crippen LogP contribution in [0.15, 0.2) is 18.2 Å². The van der Waals surface area contributed by atoms with Gasteiger partial charge in [0.25, 0.3) is 0 Å². The number of halogens is 1. The molecule has 1 nitrogen and oxygen atoms in total. The Morgan fingerprint density at radius 3 is 2.44 bits per heavy atom. The zero-order valence-corrected chi connectivity index (χ0v) is 11.3. The molecule has 0 aliphatic heterocycles. The molecule has 0 amide bonds. The standard InChI is InChI=1S/C14H21ClO/c1-10-5-6-11(12(15)9-10)13(16)7-8-14(2,3)4/h5-6,9,13,16H,7-8H2,1-4H3. The quantitative estimate of drug-likeness (QED) is 0.824. The van der Waals surface area contributed by atoms with Crippen molar-refractivity contribution in [1.82, 2.24) is 0 Å². The van der Waals surface area contributed by atoms with Gasteiger partial charge in [-0.2, -0.15) is 0 Å². The summed E-state index contributed by atoms with van der Waals surface area (Å²) in [6, 6.07) is 5.81. The molecule has 0 aromatic heterocycles. The van der Waals surface area contributed by atoms with Crippen molar-refractivity contribution in [1.29, 1.82) is 0 Å². The zero-order chi connectivity index (χ0) is 12.3. The average Bonchev–Trinajstić information content (AvgIpc) is 2.13. The Kier molecular flexibility index (Phi) is 4.40. The number of aryl methyl sites for hydroxylation is 1. The second-order valence-electron chi connectivity index (χ2n) is 5.64. The minimum Gasteiger partial charge on any atom is -0.388 e. The third kappa shape index (κ3) is 4.15. The van der Waals surface area contributed by atoms with Gasteiger partial charge < -0.3 is 5.11 Å². The number of aliphatic hydroxyl groups is 1. The molecule has 0 bridgehead atoms. The van der Waals surface area contributed by atoms with Crippen LogP contribution in [0.5, 0.6) is 0 Å². The summed E-state index contributed by atoms with van der Waals surface area (Å²) in [7, 11) is 0. The summed E-state index contributed by atoms with van der Waals surface area (Å²) >= 11 is 6.11. The van der Waals surface area contributed by atoms with Crippen molar-refractivity contribution in [2.24, 2.45) is 5.41 Å². The highest BCUT2D eigenvalue weighted by Gasteiger charge is 2.16. The van der Waals surface area contributed by atoms with Crippen LogP contribution in [-0.2, 0) is 0 Å². The number of benzene rings is 1. The van der Waals surface area contributed by atoms with E-state index in [0.717, 1.165) is 24.0 Å². The van der Waals surface area contributed by atoms with E-state index in [-0.39, 0.29) is 5.41 Å². The lowest BCUT2D eigenvalue weighted by molar-refractivity contribution is 0.147. The first-order valence-corrected chi connectivity index (χ1v) is 6.11. The SMILES string of the molecule is Cc1ccc(C(O)CCC(C)(C)C)c(Cl)c1. The first-order chi connectivity index (χ1) is 7.29. The maximum atomic E-state index is 10.1. The Labute approximate surface area is 103 Å². The summed E-state index contributed by atoms with van der Waals surface area (Å²) in [4.78, 5) is 0. The van der Waals surface area contributed by atoms with Crippen LogP contribution in [-0.4, -0.2) is 5.11 Å². The first kappa shape index (κ1) is 13.5. The minimum atomic E-state index is -0.452. The molecule has 1 rings (SSSR count). The predicted octanol–water partition coefficient (Wildman–Crippen LogP) is 4.51. The van der Waals surface area contributed by atoms with Crippen LogP contribution in [0.25, 0.3) is 0 Å². The highest BCUT2D eigenvalue weighted by molar-refractivity contribution is 6.31. The fourth-order valence-corrected chi connectivity index (χ4v) is 1.99. The van der Waals surface area contributed by atoms with Crippen molar-refractivity contribution in [3.63, 3.8) is 0 Å². The Hall–Kier alpha value is -0.530. The van der Waals surface area contributed by atoms with Gasteiger partial charge in [-0.05, 0) is 42.4 Å². The van der Waals surface area contributed by atoms with E-state index in [0.29, 0.717) is 5.02 Å². The molecule has 0 aliphatic rings. The van der Waals surface area contributed by atoms with Gasteiger partial charge in [-0.15, -0.1) is 0 Å². The molecule has 0 fully saturated rings. The molecule has 2 heteroatoms. The van der Waals surface area contributed by atoms with E-state index in [4.69, 9.17) is 11.6 Å². The van der Waals surface area contributed by atoms with Crippen LogP contribution < -0.4 is 0 Å². The first-order valence-electron chi connectivity index (χ1n) is 5.74. The number of aliphatic hydroxyl groups excluding tert-OH is 1. The van der Waals surface area contributed by atoms with E-state index < -0.39 is 6.10 Å². The molecular weight excluding hydrogens is 220 g/mol. The summed E-state index contributed by atoms with van der Waals surface area (Å²) in [5, 5.41) is 10.7. The molecule has 0 spiro atoms. The van der Waals surface area contributed by atoms with Crippen LogP contribution in [0.4, 0.5) is 0 Å². The molecule has 0 aliphatic carbocycles. The third-order valence-electron chi connectivity index (χ3n) is 2.68. The fourth-order valence-electron chi connectivity index (χ4n) is 1.63. The molecule has 90 valence electrons. The molecule has 1 aromatic rings. The molecule has 0 saturated heterocycles. The van der Waals surface area contributed by atoms with Crippen molar-refractivity contribution >= 4 is 11.6 Å². The van der Waals surface area contributed by atoms with E-state index >= 15 is 0 Å². The Balaban J connectivity index is 2.70. The molecule has 1 aromatic carbocycles. The Bertz CT molecular complexity index is 352. The van der Waals surface area contributed by atoms with Gasteiger partial charge in [0, 0.05) is 5.02 Å². The smallest absolute Gasteiger partial charge is 0.0804 e. The topological polar surface area (TPSA) is 20.2 Å². The van der Waals surface area contributed by atoms with E-state index in [1.807, 2.05) is 25.1 Å². The highest BCUT2D eigenvalue weighted by Crippen LogP contribution is 2.31. The predicted molar refractivity (Wildman–Crippen MR) is 69.8 cm³/mol. The molecule has 0 saturated carbocycles. The van der Waals surface area contributed by atoms with Crippen molar-refractivity contribution in [2.75, 3.05) is 0 Å². The number of hydrogen-bond acceptors (Lipinski definition) is 1. The van der Waals surface area contributed by atoms with Gasteiger partial charge >= 0.3 is 0 Å². The minimum absolute atomic E-state index is 0.248. The number of rotatable bonds is 3. The normalized spacial score (nSPS) is 13.9. The van der Waals surface area contributed by atoms with Crippen molar-refractivity contribution in [3.8, 4) is 0 Å².